The lowest BCUT2D eigenvalue weighted by Crippen LogP contribution is -2.71. The number of carbonyl (C=O) groups excluding carboxylic acids is 1. The second kappa shape index (κ2) is 10.0. The van der Waals surface area contributed by atoms with Crippen LogP contribution in [0, 0.1) is 5.92 Å². The predicted octanol–water partition coefficient (Wildman–Crippen LogP) is 1.99. The first-order valence-corrected chi connectivity index (χ1v) is 13.4. The summed E-state index contributed by atoms with van der Waals surface area (Å²) < 4.78 is 26.2. The van der Waals surface area contributed by atoms with Gasteiger partial charge in [0.2, 0.25) is 0 Å². The molecule has 3 saturated heterocycles. The number of fused-ring (bicyclic) bond motifs is 1. The van der Waals surface area contributed by atoms with Crippen molar-refractivity contribution >= 4 is 17.4 Å². The van der Waals surface area contributed by atoms with Crippen molar-refractivity contribution in [3.8, 4) is 0 Å². The number of hydrogen-bond donors (Lipinski definition) is 2. The number of aromatic nitrogens is 3. The molecule has 3 fully saturated rings. The van der Waals surface area contributed by atoms with Crippen molar-refractivity contribution in [3.05, 3.63) is 36.8 Å². The first-order chi connectivity index (χ1) is 18.3. The van der Waals surface area contributed by atoms with E-state index in [9.17, 15) is 9.90 Å². The Morgan fingerprint density at radius 2 is 2.03 bits per heavy atom. The van der Waals surface area contributed by atoms with Gasteiger partial charge in [0.1, 0.15) is 35.3 Å². The average Bonchev–Trinajstić information content (AvgIpc) is 3.37. The summed E-state index contributed by atoms with van der Waals surface area (Å²) in [6, 6.07) is 3.75. The molecule has 0 radical (unpaired) electrons. The van der Waals surface area contributed by atoms with Crippen LogP contribution in [0.4, 0.5) is 10.6 Å². The molecule has 0 aromatic carbocycles. The monoisotopic (exact) mass is 544 g/mol. The van der Waals surface area contributed by atoms with Crippen molar-refractivity contribution in [1.29, 1.82) is 0 Å². The molecule has 0 bridgehead atoms. The zero-order valence-electron chi connectivity index (χ0n) is 23.4. The molecule has 39 heavy (non-hydrogen) atoms. The molecule has 3 N–H and O–H groups in total. The van der Waals surface area contributed by atoms with Crippen LogP contribution in [0.1, 0.15) is 46.4 Å². The molecule has 3 aliphatic heterocycles. The molecule has 0 unspecified atom stereocenters. The molecule has 2 aromatic rings. The maximum absolute atomic E-state index is 12.5. The Hall–Kier alpha value is -2.77. The fourth-order valence-corrected chi connectivity index (χ4v) is 5.75. The van der Waals surface area contributed by atoms with Crippen LogP contribution in [0.15, 0.2) is 31.1 Å². The third kappa shape index (κ3) is 5.75. The molecule has 0 saturated carbocycles. The topological polar surface area (TPSA) is 137 Å². The van der Waals surface area contributed by atoms with E-state index in [2.05, 4.69) is 21.6 Å². The highest BCUT2D eigenvalue weighted by Crippen LogP contribution is 2.43. The van der Waals surface area contributed by atoms with E-state index >= 15 is 0 Å². The smallest absolute Gasteiger partial charge is 0.410 e. The maximum Gasteiger partial charge on any atom is 0.410 e. The molecule has 1 amide bonds. The van der Waals surface area contributed by atoms with E-state index in [1.54, 1.807) is 23.3 Å². The molecule has 5 heterocycles. The summed E-state index contributed by atoms with van der Waals surface area (Å²) in [4.78, 5) is 20.5. The molecule has 3 aliphatic rings. The summed E-state index contributed by atoms with van der Waals surface area (Å²) in [5.74, 6) is -1.22. The molecule has 214 valence electrons. The lowest BCUT2D eigenvalue weighted by Gasteiger charge is -2.53. The van der Waals surface area contributed by atoms with E-state index in [0.717, 1.165) is 12.2 Å². The van der Waals surface area contributed by atoms with Crippen molar-refractivity contribution in [2.75, 3.05) is 45.1 Å². The van der Waals surface area contributed by atoms with E-state index in [1.807, 2.05) is 39.0 Å². The number of nitrogens with zero attached hydrogens (tertiary/aromatic N) is 5. The summed E-state index contributed by atoms with van der Waals surface area (Å²) >= 11 is 0. The highest BCUT2D eigenvalue weighted by molar-refractivity contribution is 5.69. The van der Waals surface area contributed by atoms with E-state index in [1.165, 1.54) is 6.33 Å². The fraction of sp³-hybridized carbons (Fsp3) is 0.667. The number of anilines is 1. The van der Waals surface area contributed by atoms with Gasteiger partial charge in [-0.25, -0.2) is 14.3 Å². The lowest BCUT2D eigenvalue weighted by molar-refractivity contribution is -0.220. The summed E-state index contributed by atoms with van der Waals surface area (Å²) in [6.45, 7) is 16.4. The summed E-state index contributed by atoms with van der Waals surface area (Å²) in [7, 11) is 0. The second-order valence-electron chi connectivity index (χ2n) is 12.2. The van der Waals surface area contributed by atoms with Gasteiger partial charge < -0.3 is 34.7 Å². The van der Waals surface area contributed by atoms with Crippen molar-refractivity contribution in [2.45, 2.75) is 69.9 Å². The van der Waals surface area contributed by atoms with Gasteiger partial charge >= 0.3 is 6.09 Å². The number of nitrogen functional groups attached to an aromatic ring is 1. The first kappa shape index (κ1) is 27.8. The van der Waals surface area contributed by atoms with Gasteiger partial charge in [0.15, 0.2) is 11.6 Å². The number of ether oxygens (including phenoxy) is 4. The van der Waals surface area contributed by atoms with Gasteiger partial charge in [0.25, 0.3) is 0 Å². The summed E-state index contributed by atoms with van der Waals surface area (Å²) in [5.41, 5.74) is 6.52. The zero-order chi connectivity index (χ0) is 28.2. The van der Waals surface area contributed by atoms with Gasteiger partial charge in [-0.3, -0.25) is 4.90 Å². The van der Waals surface area contributed by atoms with Gasteiger partial charge in [0.05, 0.1) is 31.5 Å². The number of amides is 1. The van der Waals surface area contributed by atoms with Crippen LogP contribution in [-0.4, -0.2) is 104 Å². The van der Waals surface area contributed by atoms with Crippen LogP contribution >= 0.6 is 0 Å². The summed E-state index contributed by atoms with van der Waals surface area (Å²) in [6.07, 6.45) is 1.62. The quantitative estimate of drug-likeness (QED) is 0.410. The van der Waals surface area contributed by atoms with Gasteiger partial charge in [-0.1, -0.05) is 6.08 Å². The Balaban J connectivity index is 1.32. The normalized spacial score (nSPS) is 27.6. The van der Waals surface area contributed by atoms with Gasteiger partial charge in [-0.2, -0.15) is 5.10 Å². The molecule has 4 atom stereocenters. The molecule has 1 spiro atoms. The van der Waals surface area contributed by atoms with E-state index in [0.29, 0.717) is 44.1 Å². The highest BCUT2D eigenvalue weighted by Gasteiger charge is 2.52. The fourth-order valence-electron chi connectivity index (χ4n) is 5.75. The number of aliphatic hydroxyl groups is 1. The van der Waals surface area contributed by atoms with Gasteiger partial charge in [-0.05, 0) is 46.8 Å². The minimum Gasteiger partial charge on any atom is -0.444 e. The Morgan fingerprint density at radius 3 is 2.69 bits per heavy atom. The molecule has 12 nitrogen and oxygen atoms in total. The lowest BCUT2D eigenvalue weighted by atomic mass is 9.90. The van der Waals surface area contributed by atoms with E-state index < -0.39 is 29.2 Å². The molecular formula is C27H40N6O6. The third-order valence-corrected chi connectivity index (χ3v) is 7.30. The predicted molar refractivity (Wildman–Crippen MR) is 143 cm³/mol. The molecular weight excluding hydrogens is 504 g/mol. The number of nitrogens with two attached hydrogens (primary N) is 1. The van der Waals surface area contributed by atoms with Gasteiger partial charge in [0, 0.05) is 25.6 Å². The Kier molecular flexibility index (Phi) is 7.13. The zero-order valence-corrected chi connectivity index (χ0v) is 23.4. The number of rotatable bonds is 6. The Bertz CT molecular complexity index is 1210. The minimum absolute atomic E-state index is 0.204. The van der Waals surface area contributed by atoms with Crippen LogP contribution in [0.3, 0.4) is 0 Å². The highest BCUT2D eigenvalue weighted by atomic mass is 16.6. The van der Waals surface area contributed by atoms with Crippen LogP contribution in [-0.2, 0) is 18.9 Å². The van der Waals surface area contributed by atoms with Crippen LogP contribution in [0.5, 0.6) is 0 Å². The van der Waals surface area contributed by atoms with Crippen molar-refractivity contribution in [1.82, 2.24) is 24.4 Å². The van der Waals surface area contributed by atoms with Crippen LogP contribution < -0.4 is 5.73 Å². The van der Waals surface area contributed by atoms with Gasteiger partial charge in [-0.15, -0.1) is 6.58 Å². The van der Waals surface area contributed by atoms with Crippen LogP contribution in [0.2, 0.25) is 0 Å². The minimum atomic E-state index is -1.39. The number of carbonyl (C=O) groups is 1. The summed E-state index contributed by atoms with van der Waals surface area (Å²) in [5, 5.41) is 15.0. The Morgan fingerprint density at radius 1 is 1.28 bits per heavy atom. The van der Waals surface area contributed by atoms with Crippen molar-refractivity contribution < 1.29 is 28.8 Å². The van der Waals surface area contributed by atoms with Crippen molar-refractivity contribution in [3.63, 3.8) is 0 Å². The number of hydrogen-bond acceptors (Lipinski definition) is 10. The largest absolute Gasteiger partial charge is 0.444 e. The number of likely N-dealkylation sites (tertiary alicyclic amines) is 1. The average molecular weight is 545 g/mol. The van der Waals surface area contributed by atoms with Crippen LogP contribution in [0.25, 0.3) is 5.52 Å². The maximum atomic E-state index is 12.5. The molecule has 0 aliphatic carbocycles. The van der Waals surface area contributed by atoms with E-state index in [-0.39, 0.29) is 18.1 Å². The molecule has 5 rings (SSSR count). The standard InChI is InChI=1S/C27H40N6O6/c1-7-17-20(12-31-10-11-36-27(13-31)14-32(15-27)24(34)39-25(2,3)4)37-22(21(17)38-26(5,6)35)18-8-9-19-23(28)29-16-30-33(18)19/h7-9,16-17,20-22,35H,1,10-15H2,2-6H3,(H2,28,29,30)/t17-,20-,21-,22+/m1/s1. The SMILES string of the molecule is C=C[C@H]1[C@@H](OC(C)(C)O)[C@H](c2ccc3c(N)ncnn23)O[C@@H]1CN1CCOC2(C1)CN(C(=O)OC(C)(C)C)C2. The number of morpholine rings is 1. The Labute approximate surface area is 228 Å². The van der Waals surface area contributed by atoms with E-state index in [4.69, 9.17) is 24.7 Å². The molecule has 2 aromatic heterocycles. The first-order valence-electron chi connectivity index (χ1n) is 13.4. The second-order valence-corrected chi connectivity index (χ2v) is 12.2. The van der Waals surface area contributed by atoms with Crippen molar-refractivity contribution in [2.24, 2.45) is 5.92 Å². The third-order valence-electron chi connectivity index (χ3n) is 7.30. The molecule has 12 heteroatoms.